The van der Waals surface area contributed by atoms with Crippen molar-refractivity contribution in [3.05, 3.63) is 53.4 Å². The minimum Gasteiger partial charge on any atom is -0.468 e. The first-order valence-corrected chi connectivity index (χ1v) is 8.09. The zero-order chi connectivity index (χ0) is 16.1. The molecule has 2 heterocycles. The fourth-order valence-corrected chi connectivity index (χ4v) is 2.89. The maximum Gasteiger partial charge on any atom is 0.238 e. The Balaban J connectivity index is 1.42. The Morgan fingerprint density at radius 2 is 1.91 bits per heavy atom. The number of piperazine rings is 1. The van der Waals surface area contributed by atoms with E-state index < -0.39 is 0 Å². The van der Waals surface area contributed by atoms with Crippen molar-refractivity contribution in [1.29, 1.82) is 0 Å². The van der Waals surface area contributed by atoms with Gasteiger partial charge in [-0.25, -0.2) is 0 Å². The molecule has 1 aliphatic rings. The Bertz CT molecular complexity index is 637. The maximum absolute atomic E-state index is 12.1. The van der Waals surface area contributed by atoms with Crippen LogP contribution in [-0.2, 0) is 11.3 Å². The van der Waals surface area contributed by atoms with Gasteiger partial charge in [0.1, 0.15) is 5.76 Å². The molecule has 1 amide bonds. The average molecular weight is 334 g/mol. The molecule has 0 unspecified atom stereocenters. The molecule has 122 valence electrons. The second-order valence-corrected chi connectivity index (χ2v) is 6.13. The summed E-state index contributed by atoms with van der Waals surface area (Å²) in [5.41, 5.74) is 0.735. The lowest BCUT2D eigenvalue weighted by atomic mass is 10.3. The van der Waals surface area contributed by atoms with Crippen molar-refractivity contribution in [3.63, 3.8) is 0 Å². The van der Waals surface area contributed by atoms with Gasteiger partial charge in [0.2, 0.25) is 5.91 Å². The van der Waals surface area contributed by atoms with Crippen LogP contribution in [0.25, 0.3) is 0 Å². The number of benzene rings is 1. The van der Waals surface area contributed by atoms with Gasteiger partial charge < -0.3 is 9.73 Å². The molecular formula is C17H20ClN3O2. The van der Waals surface area contributed by atoms with E-state index in [4.69, 9.17) is 16.0 Å². The summed E-state index contributed by atoms with van der Waals surface area (Å²) in [6.07, 6.45) is 1.70. The molecule has 6 heteroatoms. The van der Waals surface area contributed by atoms with Gasteiger partial charge in [0.05, 0.1) is 19.4 Å². The minimum absolute atomic E-state index is 0.00764. The Morgan fingerprint density at radius 3 is 2.61 bits per heavy atom. The van der Waals surface area contributed by atoms with Crippen LogP contribution in [0.4, 0.5) is 5.69 Å². The molecule has 1 aromatic heterocycles. The predicted octanol–water partition coefficient (Wildman–Crippen LogP) is 2.69. The highest BCUT2D eigenvalue weighted by atomic mass is 35.5. The summed E-state index contributed by atoms with van der Waals surface area (Å²) in [6, 6.07) is 11.1. The summed E-state index contributed by atoms with van der Waals surface area (Å²) < 4.78 is 5.37. The SMILES string of the molecule is O=C(CN1CCN(Cc2ccco2)CC1)Nc1cccc(Cl)c1. The van der Waals surface area contributed by atoms with Crippen LogP contribution in [0.1, 0.15) is 5.76 Å². The molecule has 0 radical (unpaired) electrons. The maximum atomic E-state index is 12.1. The zero-order valence-electron chi connectivity index (χ0n) is 12.9. The highest BCUT2D eigenvalue weighted by Crippen LogP contribution is 2.15. The van der Waals surface area contributed by atoms with Crippen LogP contribution in [0.3, 0.4) is 0 Å². The number of rotatable bonds is 5. The number of hydrogen-bond donors (Lipinski definition) is 1. The van der Waals surface area contributed by atoms with E-state index in [9.17, 15) is 4.79 Å². The average Bonchev–Trinajstić information content (AvgIpc) is 3.02. The van der Waals surface area contributed by atoms with E-state index >= 15 is 0 Å². The lowest BCUT2D eigenvalue weighted by Gasteiger charge is -2.33. The molecule has 0 atom stereocenters. The van der Waals surface area contributed by atoms with Gasteiger partial charge in [0.15, 0.2) is 0 Å². The molecule has 3 rings (SSSR count). The number of halogens is 1. The first-order valence-electron chi connectivity index (χ1n) is 7.71. The summed E-state index contributed by atoms with van der Waals surface area (Å²) in [6.45, 7) is 4.86. The number of nitrogens with one attached hydrogen (secondary N) is 1. The van der Waals surface area contributed by atoms with E-state index in [-0.39, 0.29) is 5.91 Å². The van der Waals surface area contributed by atoms with E-state index in [1.54, 1.807) is 18.4 Å². The number of carbonyl (C=O) groups is 1. The third-order valence-electron chi connectivity index (χ3n) is 3.90. The molecule has 5 nitrogen and oxygen atoms in total. The van der Waals surface area contributed by atoms with E-state index in [0.29, 0.717) is 11.6 Å². The van der Waals surface area contributed by atoms with Crippen LogP contribution in [0.15, 0.2) is 47.1 Å². The fraction of sp³-hybridized carbons (Fsp3) is 0.353. The molecule has 1 aromatic carbocycles. The summed E-state index contributed by atoms with van der Waals surface area (Å²) in [5, 5.41) is 3.50. The third kappa shape index (κ3) is 4.82. The standard InChI is InChI=1S/C17H20ClN3O2/c18-14-3-1-4-15(11-14)19-17(22)13-21-8-6-20(7-9-21)12-16-5-2-10-23-16/h1-5,10-11H,6-9,12-13H2,(H,19,22). The lowest BCUT2D eigenvalue weighted by Crippen LogP contribution is -2.48. The smallest absolute Gasteiger partial charge is 0.238 e. The quantitative estimate of drug-likeness (QED) is 0.914. The normalized spacial score (nSPS) is 16.4. The van der Waals surface area contributed by atoms with Crippen LogP contribution in [0.5, 0.6) is 0 Å². The number of anilines is 1. The van der Waals surface area contributed by atoms with Gasteiger partial charge in [-0.3, -0.25) is 14.6 Å². The summed E-state index contributed by atoms with van der Waals surface area (Å²) in [4.78, 5) is 16.6. The first-order chi connectivity index (χ1) is 11.2. The van der Waals surface area contributed by atoms with Gasteiger partial charge in [-0.1, -0.05) is 17.7 Å². The summed E-state index contributed by atoms with van der Waals surface area (Å²) in [7, 11) is 0. The minimum atomic E-state index is -0.00764. The summed E-state index contributed by atoms with van der Waals surface area (Å²) >= 11 is 5.92. The molecule has 1 aliphatic heterocycles. The van der Waals surface area contributed by atoms with Crippen molar-refractivity contribution in [2.75, 3.05) is 38.0 Å². The van der Waals surface area contributed by atoms with Gasteiger partial charge in [0, 0.05) is 36.9 Å². The van der Waals surface area contributed by atoms with Crippen molar-refractivity contribution >= 4 is 23.2 Å². The van der Waals surface area contributed by atoms with Crippen LogP contribution < -0.4 is 5.32 Å². The molecule has 23 heavy (non-hydrogen) atoms. The monoisotopic (exact) mass is 333 g/mol. The predicted molar refractivity (Wildman–Crippen MR) is 90.5 cm³/mol. The Labute approximate surface area is 140 Å². The van der Waals surface area contributed by atoms with Gasteiger partial charge in [-0.05, 0) is 30.3 Å². The molecular weight excluding hydrogens is 314 g/mol. The number of amides is 1. The topological polar surface area (TPSA) is 48.7 Å². The van der Waals surface area contributed by atoms with E-state index in [0.717, 1.165) is 44.2 Å². The van der Waals surface area contributed by atoms with E-state index in [2.05, 4.69) is 15.1 Å². The number of furan rings is 1. The van der Waals surface area contributed by atoms with Gasteiger partial charge in [-0.15, -0.1) is 0 Å². The second kappa shape index (κ2) is 7.64. The molecule has 0 spiro atoms. The van der Waals surface area contributed by atoms with Gasteiger partial charge >= 0.3 is 0 Å². The fourth-order valence-electron chi connectivity index (χ4n) is 2.70. The largest absolute Gasteiger partial charge is 0.468 e. The highest BCUT2D eigenvalue weighted by molar-refractivity contribution is 6.30. The molecule has 2 aromatic rings. The molecule has 1 N–H and O–H groups in total. The highest BCUT2D eigenvalue weighted by Gasteiger charge is 2.19. The van der Waals surface area contributed by atoms with Crippen molar-refractivity contribution < 1.29 is 9.21 Å². The third-order valence-corrected chi connectivity index (χ3v) is 4.14. The Kier molecular flexibility index (Phi) is 5.33. The van der Waals surface area contributed by atoms with Crippen LogP contribution >= 0.6 is 11.6 Å². The van der Waals surface area contributed by atoms with Crippen molar-refractivity contribution in [1.82, 2.24) is 9.80 Å². The van der Waals surface area contributed by atoms with Crippen LogP contribution in [0.2, 0.25) is 5.02 Å². The van der Waals surface area contributed by atoms with Crippen LogP contribution in [-0.4, -0.2) is 48.4 Å². The Morgan fingerprint density at radius 1 is 1.13 bits per heavy atom. The lowest BCUT2D eigenvalue weighted by molar-refractivity contribution is -0.117. The number of hydrogen-bond acceptors (Lipinski definition) is 4. The van der Waals surface area contributed by atoms with Crippen molar-refractivity contribution in [3.8, 4) is 0 Å². The van der Waals surface area contributed by atoms with Gasteiger partial charge in [-0.2, -0.15) is 0 Å². The molecule has 1 fully saturated rings. The zero-order valence-corrected chi connectivity index (χ0v) is 13.6. The Hall–Kier alpha value is -1.82. The number of carbonyl (C=O) groups excluding carboxylic acids is 1. The second-order valence-electron chi connectivity index (χ2n) is 5.69. The molecule has 0 saturated carbocycles. The van der Waals surface area contributed by atoms with Crippen molar-refractivity contribution in [2.24, 2.45) is 0 Å². The summed E-state index contributed by atoms with van der Waals surface area (Å²) in [5.74, 6) is 0.976. The van der Waals surface area contributed by atoms with E-state index in [1.165, 1.54) is 0 Å². The molecule has 0 bridgehead atoms. The van der Waals surface area contributed by atoms with Crippen LogP contribution in [0, 0.1) is 0 Å². The molecule has 0 aliphatic carbocycles. The first kappa shape index (κ1) is 16.1. The van der Waals surface area contributed by atoms with E-state index in [1.807, 2.05) is 24.3 Å². The van der Waals surface area contributed by atoms with Crippen molar-refractivity contribution in [2.45, 2.75) is 6.54 Å². The van der Waals surface area contributed by atoms with Gasteiger partial charge in [0.25, 0.3) is 0 Å². The number of nitrogens with zero attached hydrogens (tertiary/aromatic N) is 2. The molecule has 1 saturated heterocycles.